The van der Waals surface area contributed by atoms with Gasteiger partial charge in [0.25, 0.3) is 0 Å². The van der Waals surface area contributed by atoms with Gasteiger partial charge in [0.05, 0.1) is 20.0 Å². The molecule has 0 aliphatic carbocycles. The minimum absolute atomic E-state index is 0.101. The molecule has 0 N–H and O–H groups in total. The first kappa shape index (κ1) is 13.1. The Morgan fingerprint density at radius 2 is 2.00 bits per heavy atom. The Morgan fingerprint density at radius 3 is 2.80 bits per heavy atom. The molecule has 0 saturated carbocycles. The lowest BCUT2D eigenvalue weighted by Crippen LogP contribution is -2.02. The van der Waals surface area contributed by atoms with Crippen molar-refractivity contribution < 1.29 is 4.74 Å². The number of nitrogens with zero attached hydrogens (tertiary/aromatic N) is 4. The van der Waals surface area contributed by atoms with E-state index < -0.39 is 0 Å². The smallest absolute Gasteiger partial charge is 0.225 e. The Hall–Kier alpha value is -1.85. The maximum atomic E-state index is 6.00. The van der Waals surface area contributed by atoms with Gasteiger partial charge in [-0.15, -0.1) is 0 Å². The van der Waals surface area contributed by atoms with Crippen molar-refractivity contribution in [3.63, 3.8) is 0 Å². The summed E-state index contributed by atoms with van der Waals surface area (Å²) in [5, 5.41) is 0.350. The van der Waals surface area contributed by atoms with E-state index in [-0.39, 0.29) is 10.4 Å². The number of rotatable bonds is 3. The summed E-state index contributed by atoms with van der Waals surface area (Å²) < 4.78 is 7.19. The first-order valence-electron chi connectivity index (χ1n) is 5.85. The Labute approximate surface area is 125 Å². The van der Waals surface area contributed by atoms with Gasteiger partial charge in [-0.25, -0.2) is 9.97 Å². The maximum absolute atomic E-state index is 6.00. The highest BCUT2D eigenvalue weighted by Gasteiger charge is 2.12. The molecular weight excluding hydrogens is 299 g/mol. The number of imidazole rings is 1. The number of benzene rings is 1. The molecule has 3 aromatic rings. The Bertz CT molecular complexity index is 772. The number of halogens is 2. The van der Waals surface area contributed by atoms with Crippen LogP contribution in [0.4, 0.5) is 0 Å². The van der Waals surface area contributed by atoms with E-state index in [0.717, 1.165) is 11.3 Å². The third-order valence-electron chi connectivity index (χ3n) is 2.93. The van der Waals surface area contributed by atoms with Gasteiger partial charge in [-0.1, -0.05) is 29.8 Å². The Kier molecular flexibility index (Phi) is 3.46. The zero-order valence-electron chi connectivity index (χ0n) is 10.5. The SMILES string of the molecule is COc1ccccc1Cn1cnc2c(Cl)nc(Cl)nc21. The van der Waals surface area contributed by atoms with Gasteiger partial charge in [0.1, 0.15) is 11.3 Å². The predicted octanol–water partition coefficient (Wildman–Crippen LogP) is 3.19. The Balaban J connectivity index is 2.07. The molecule has 0 bridgehead atoms. The third-order valence-corrected chi connectivity index (χ3v) is 3.36. The molecule has 0 amide bonds. The van der Waals surface area contributed by atoms with Crippen molar-refractivity contribution in [3.8, 4) is 5.75 Å². The van der Waals surface area contributed by atoms with Crippen LogP contribution in [0, 0.1) is 0 Å². The molecule has 2 heterocycles. The van der Waals surface area contributed by atoms with Gasteiger partial charge in [-0.2, -0.15) is 4.98 Å². The topological polar surface area (TPSA) is 52.8 Å². The van der Waals surface area contributed by atoms with Crippen LogP contribution in [0.3, 0.4) is 0 Å². The summed E-state index contributed by atoms with van der Waals surface area (Å²) in [4.78, 5) is 12.3. The second-order valence-electron chi connectivity index (χ2n) is 4.14. The summed E-state index contributed by atoms with van der Waals surface area (Å²) in [5.41, 5.74) is 2.15. The van der Waals surface area contributed by atoms with Crippen LogP contribution in [-0.2, 0) is 6.54 Å². The average Bonchev–Trinajstić information content (AvgIpc) is 2.83. The van der Waals surface area contributed by atoms with Crippen molar-refractivity contribution in [1.29, 1.82) is 0 Å². The fourth-order valence-corrected chi connectivity index (χ4v) is 2.44. The number of fused-ring (bicyclic) bond motifs is 1. The number of hydrogen-bond donors (Lipinski definition) is 0. The van der Waals surface area contributed by atoms with E-state index in [1.807, 2.05) is 28.8 Å². The molecule has 0 unspecified atom stereocenters. The van der Waals surface area contributed by atoms with Crippen LogP contribution in [0.5, 0.6) is 5.75 Å². The fraction of sp³-hybridized carbons (Fsp3) is 0.154. The summed E-state index contributed by atoms with van der Waals surface area (Å²) in [6, 6.07) is 7.76. The molecule has 20 heavy (non-hydrogen) atoms. The van der Waals surface area contributed by atoms with Gasteiger partial charge >= 0.3 is 0 Å². The summed E-state index contributed by atoms with van der Waals surface area (Å²) >= 11 is 11.8. The van der Waals surface area contributed by atoms with E-state index >= 15 is 0 Å². The normalized spacial score (nSPS) is 10.9. The van der Waals surface area contributed by atoms with Crippen LogP contribution < -0.4 is 4.74 Å². The first-order chi connectivity index (χ1) is 9.69. The minimum Gasteiger partial charge on any atom is -0.496 e. The maximum Gasteiger partial charge on any atom is 0.225 e. The number of methoxy groups -OCH3 is 1. The molecule has 7 heteroatoms. The number of hydrogen-bond acceptors (Lipinski definition) is 4. The summed E-state index contributed by atoms with van der Waals surface area (Å²) in [7, 11) is 1.64. The highest BCUT2D eigenvalue weighted by atomic mass is 35.5. The first-order valence-corrected chi connectivity index (χ1v) is 6.60. The van der Waals surface area contributed by atoms with Crippen LogP contribution in [0.15, 0.2) is 30.6 Å². The summed E-state index contributed by atoms with van der Waals surface area (Å²) in [6.45, 7) is 0.560. The number of para-hydroxylation sites is 1. The van der Waals surface area contributed by atoms with Crippen molar-refractivity contribution >= 4 is 34.4 Å². The molecule has 0 saturated heterocycles. The van der Waals surface area contributed by atoms with Gasteiger partial charge in [-0.05, 0) is 17.7 Å². The van der Waals surface area contributed by atoms with E-state index in [0.29, 0.717) is 17.7 Å². The van der Waals surface area contributed by atoms with E-state index in [1.165, 1.54) is 0 Å². The second-order valence-corrected chi connectivity index (χ2v) is 4.84. The average molecular weight is 309 g/mol. The zero-order chi connectivity index (χ0) is 14.1. The fourth-order valence-electron chi connectivity index (χ4n) is 2.02. The van der Waals surface area contributed by atoms with Gasteiger partial charge in [0.2, 0.25) is 5.28 Å². The number of aromatic nitrogens is 4. The van der Waals surface area contributed by atoms with Crippen LogP contribution in [0.25, 0.3) is 11.2 Å². The van der Waals surface area contributed by atoms with Gasteiger partial charge in [0, 0.05) is 5.56 Å². The largest absolute Gasteiger partial charge is 0.496 e. The molecule has 5 nitrogen and oxygen atoms in total. The lowest BCUT2D eigenvalue weighted by Gasteiger charge is -2.09. The molecule has 0 atom stereocenters. The van der Waals surface area contributed by atoms with Gasteiger partial charge in [-0.3, -0.25) is 0 Å². The molecule has 102 valence electrons. The van der Waals surface area contributed by atoms with Crippen molar-refractivity contribution in [2.45, 2.75) is 6.54 Å². The van der Waals surface area contributed by atoms with E-state index in [2.05, 4.69) is 15.0 Å². The Morgan fingerprint density at radius 1 is 1.20 bits per heavy atom. The van der Waals surface area contributed by atoms with E-state index in [1.54, 1.807) is 13.4 Å². The zero-order valence-corrected chi connectivity index (χ0v) is 12.1. The molecular formula is C13H10Cl2N4O. The molecule has 0 spiro atoms. The lowest BCUT2D eigenvalue weighted by molar-refractivity contribution is 0.408. The van der Waals surface area contributed by atoms with E-state index in [9.17, 15) is 0 Å². The minimum atomic E-state index is 0.101. The van der Waals surface area contributed by atoms with Gasteiger partial charge in [0.15, 0.2) is 10.8 Å². The molecule has 0 aliphatic heterocycles. The summed E-state index contributed by atoms with van der Waals surface area (Å²) in [6.07, 6.45) is 1.66. The highest BCUT2D eigenvalue weighted by Crippen LogP contribution is 2.23. The standard InChI is InChI=1S/C13H10Cl2N4O/c1-20-9-5-3-2-4-8(9)6-19-7-16-10-11(14)17-13(15)18-12(10)19/h2-5,7H,6H2,1H3. The van der Waals surface area contributed by atoms with Crippen molar-refractivity contribution in [2.24, 2.45) is 0 Å². The van der Waals surface area contributed by atoms with Crippen LogP contribution in [0.1, 0.15) is 5.56 Å². The van der Waals surface area contributed by atoms with Crippen molar-refractivity contribution in [3.05, 3.63) is 46.6 Å². The molecule has 1 aromatic carbocycles. The predicted molar refractivity (Wildman–Crippen MR) is 77.4 cm³/mol. The lowest BCUT2D eigenvalue weighted by atomic mass is 10.2. The highest BCUT2D eigenvalue weighted by molar-refractivity contribution is 6.35. The number of ether oxygens (including phenoxy) is 1. The van der Waals surface area contributed by atoms with Gasteiger partial charge < -0.3 is 9.30 Å². The second kappa shape index (κ2) is 5.26. The molecule has 0 radical (unpaired) electrons. The molecule has 3 rings (SSSR count). The van der Waals surface area contributed by atoms with E-state index in [4.69, 9.17) is 27.9 Å². The third kappa shape index (κ3) is 2.30. The monoisotopic (exact) mass is 308 g/mol. The van der Waals surface area contributed by atoms with Crippen molar-refractivity contribution in [1.82, 2.24) is 19.5 Å². The van der Waals surface area contributed by atoms with Crippen LogP contribution in [-0.4, -0.2) is 26.6 Å². The quantitative estimate of drug-likeness (QED) is 0.551. The summed E-state index contributed by atoms with van der Waals surface area (Å²) in [5.74, 6) is 0.806. The van der Waals surface area contributed by atoms with Crippen LogP contribution in [0.2, 0.25) is 10.4 Å². The molecule has 0 fully saturated rings. The molecule has 2 aromatic heterocycles. The molecule has 0 aliphatic rings. The van der Waals surface area contributed by atoms with Crippen molar-refractivity contribution in [2.75, 3.05) is 7.11 Å². The van der Waals surface area contributed by atoms with Crippen LogP contribution >= 0.6 is 23.2 Å².